The molecule has 0 bridgehead atoms. The number of halogens is 1. The summed E-state index contributed by atoms with van der Waals surface area (Å²) in [5, 5.41) is 3.27. The van der Waals surface area contributed by atoms with Gasteiger partial charge in [-0.25, -0.2) is 8.42 Å². The molecule has 3 rings (SSSR count). The predicted octanol–water partition coefficient (Wildman–Crippen LogP) is 3.20. The van der Waals surface area contributed by atoms with Gasteiger partial charge in [-0.3, -0.25) is 9.10 Å². The van der Waals surface area contributed by atoms with E-state index in [2.05, 4.69) is 5.32 Å². The number of anilines is 2. The van der Waals surface area contributed by atoms with E-state index in [0.29, 0.717) is 22.1 Å². The average Bonchev–Trinajstić information content (AvgIpc) is 2.63. The highest BCUT2D eigenvalue weighted by Gasteiger charge is 2.35. The predicted molar refractivity (Wildman–Crippen MR) is 102 cm³/mol. The third kappa shape index (κ3) is 3.64. The van der Waals surface area contributed by atoms with Gasteiger partial charge in [0.25, 0.3) is 5.91 Å². The lowest BCUT2D eigenvalue weighted by molar-refractivity contribution is -0.122. The lowest BCUT2D eigenvalue weighted by atomic mass is 10.2. The van der Waals surface area contributed by atoms with Gasteiger partial charge >= 0.3 is 0 Å². The van der Waals surface area contributed by atoms with Crippen LogP contribution in [0.25, 0.3) is 0 Å². The maximum Gasteiger partial charge on any atom is 0.267 e. The van der Waals surface area contributed by atoms with Gasteiger partial charge in [0.2, 0.25) is 10.0 Å². The number of nitrogens with one attached hydrogen (secondary N) is 1. The highest BCUT2D eigenvalue weighted by Crippen LogP contribution is 2.35. The van der Waals surface area contributed by atoms with Gasteiger partial charge in [0.15, 0.2) is 6.10 Å². The third-order valence-electron chi connectivity index (χ3n) is 4.17. The number of hydrogen-bond donors (Lipinski definition) is 1. The van der Waals surface area contributed by atoms with Crippen LogP contribution in [0.4, 0.5) is 11.4 Å². The van der Waals surface area contributed by atoms with E-state index in [9.17, 15) is 13.2 Å². The van der Waals surface area contributed by atoms with E-state index >= 15 is 0 Å². The Kier molecular flexibility index (Phi) is 5.11. The molecular weight excluding hydrogens is 376 g/mol. The van der Waals surface area contributed by atoms with Crippen LogP contribution in [0.15, 0.2) is 42.5 Å². The Hall–Kier alpha value is -2.25. The van der Waals surface area contributed by atoms with Gasteiger partial charge in [0, 0.05) is 10.7 Å². The average molecular weight is 395 g/mol. The van der Waals surface area contributed by atoms with E-state index in [-0.39, 0.29) is 12.3 Å². The summed E-state index contributed by atoms with van der Waals surface area (Å²) in [7, 11) is -3.53. The van der Waals surface area contributed by atoms with Crippen LogP contribution in [0.1, 0.15) is 12.5 Å². The number of fused-ring (bicyclic) bond motifs is 1. The summed E-state index contributed by atoms with van der Waals surface area (Å²) in [6, 6.07) is 11.9. The van der Waals surface area contributed by atoms with Crippen molar-refractivity contribution >= 4 is 38.9 Å². The maximum absolute atomic E-state index is 12.6. The van der Waals surface area contributed by atoms with Crippen LogP contribution in [-0.2, 0) is 14.8 Å². The number of aryl methyl sites for hydroxylation is 1. The van der Waals surface area contributed by atoms with Gasteiger partial charge in [0.05, 0.1) is 18.0 Å². The first kappa shape index (κ1) is 18.5. The minimum atomic E-state index is -3.53. The fourth-order valence-electron chi connectivity index (χ4n) is 2.65. The zero-order valence-electron chi connectivity index (χ0n) is 14.4. The lowest BCUT2D eigenvalue weighted by Crippen LogP contribution is -2.49. The first-order chi connectivity index (χ1) is 12.3. The Bertz CT molecular complexity index is 946. The number of carbonyl (C=O) groups is 1. The fourth-order valence-corrected chi connectivity index (χ4v) is 3.96. The van der Waals surface area contributed by atoms with E-state index in [0.717, 1.165) is 5.56 Å². The second-order valence-electron chi connectivity index (χ2n) is 5.96. The zero-order chi connectivity index (χ0) is 18.9. The molecule has 8 heteroatoms. The summed E-state index contributed by atoms with van der Waals surface area (Å²) in [6.45, 7) is 3.35. The summed E-state index contributed by atoms with van der Waals surface area (Å²) in [4.78, 5) is 12.6. The molecule has 0 aliphatic carbocycles. The van der Waals surface area contributed by atoms with E-state index in [1.165, 1.54) is 4.31 Å². The summed E-state index contributed by atoms with van der Waals surface area (Å²) in [5.41, 5.74) is 1.86. The minimum Gasteiger partial charge on any atom is -0.476 e. The second kappa shape index (κ2) is 7.17. The van der Waals surface area contributed by atoms with Crippen molar-refractivity contribution in [3.63, 3.8) is 0 Å². The Morgan fingerprint density at radius 2 is 2.04 bits per heavy atom. The Balaban J connectivity index is 1.87. The number of benzene rings is 2. The monoisotopic (exact) mass is 394 g/mol. The van der Waals surface area contributed by atoms with Crippen LogP contribution in [0.5, 0.6) is 5.75 Å². The molecular formula is C18H19ClN2O4S. The number of ether oxygens (including phenoxy) is 1. The highest BCUT2D eigenvalue weighted by molar-refractivity contribution is 7.92. The van der Waals surface area contributed by atoms with Gasteiger partial charge in [0.1, 0.15) is 5.75 Å². The molecule has 6 nitrogen and oxygen atoms in total. The largest absolute Gasteiger partial charge is 0.476 e. The molecule has 0 aromatic heterocycles. The quantitative estimate of drug-likeness (QED) is 0.863. The van der Waals surface area contributed by atoms with Crippen molar-refractivity contribution in [3.05, 3.63) is 53.1 Å². The van der Waals surface area contributed by atoms with Crippen molar-refractivity contribution in [2.75, 3.05) is 21.9 Å². The van der Waals surface area contributed by atoms with Crippen LogP contribution in [0, 0.1) is 6.92 Å². The molecule has 1 aliphatic rings. The molecule has 1 amide bonds. The SMILES string of the molecule is CCS(=O)(=O)N1C[C@H](C(=O)Nc2ccc(C)c(Cl)c2)Oc2ccccc21. The van der Waals surface area contributed by atoms with Crippen molar-refractivity contribution in [2.45, 2.75) is 20.0 Å². The maximum atomic E-state index is 12.6. The zero-order valence-corrected chi connectivity index (χ0v) is 16.0. The standard InChI is InChI=1S/C18H19ClN2O4S/c1-3-26(23,24)21-11-17(25-16-7-5-4-6-15(16)21)18(22)20-13-9-8-12(2)14(19)10-13/h4-10,17H,3,11H2,1-2H3,(H,20,22)/t17-/m1/s1. The molecule has 1 N–H and O–H groups in total. The molecule has 0 fully saturated rings. The van der Waals surface area contributed by atoms with Crippen molar-refractivity contribution in [1.29, 1.82) is 0 Å². The number of sulfonamides is 1. The topological polar surface area (TPSA) is 75.7 Å². The highest BCUT2D eigenvalue weighted by atomic mass is 35.5. The number of carbonyl (C=O) groups excluding carboxylic acids is 1. The van der Waals surface area contributed by atoms with Crippen LogP contribution in [-0.4, -0.2) is 32.7 Å². The molecule has 1 heterocycles. The molecule has 0 saturated heterocycles. The van der Waals surface area contributed by atoms with Crippen molar-refractivity contribution in [3.8, 4) is 5.75 Å². The number of nitrogens with zero attached hydrogens (tertiary/aromatic N) is 1. The second-order valence-corrected chi connectivity index (χ2v) is 8.55. The summed E-state index contributed by atoms with van der Waals surface area (Å²) in [6.07, 6.45) is -0.966. The summed E-state index contributed by atoms with van der Waals surface area (Å²) < 4.78 is 31.9. The first-order valence-corrected chi connectivity index (χ1v) is 10.1. The molecule has 0 spiro atoms. The van der Waals surface area contributed by atoms with Crippen molar-refractivity contribution in [1.82, 2.24) is 0 Å². The van der Waals surface area contributed by atoms with E-state index in [4.69, 9.17) is 16.3 Å². The van der Waals surface area contributed by atoms with Crippen LogP contribution in [0.3, 0.4) is 0 Å². The molecule has 0 saturated carbocycles. The van der Waals surface area contributed by atoms with E-state index in [1.807, 2.05) is 6.92 Å². The number of hydrogen-bond acceptors (Lipinski definition) is 4. The molecule has 1 aliphatic heterocycles. The van der Waals surface area contributed by atoms with Gasteiger partial charge in [-0.05, 0) is 43.7 Å². The minimum absolute atomic E-state index is 0.0662. The van der Waals surface area contributed by atoms with Crippen LogP contribution >= 0.6 is 11.6 Å². The van der Waals surface area contributed by atoms with Gasteiger partial charge in [-0.1, -0.05) is 29.8 Å². The van der Waals surface area contributed by atoms with Crippen molar-refractivity contribution < 1.29 is 17.9 Å². The van der Waals surface area contributed by atoms with Crippen molar-refractivity contribution in [2.24, 2.45) is 0 Å². The number of rotatable bonds is 4. The molecule has 1 atom stereocenters. The smallest absolute Gasteiger partial charge is 0.267 e. The molecule has 0 radical (unpaired) electrons. The summed E-state index contributed by atoms with van der Waals surface area (Å²) >= 11 is 6.08. The van der Waals surface area contributed by atoms with Crippen LogP contribution < -0.4 is 14.4 Å². The molecule has 2 aromatic carbocycles. The summed E-state index contributed by atoms with van der Waals surface area (Å²) in [5.74, 6) is -0.142. The van der Waals surface area contributed by atoms with Crippen LogP contribution in [0.2, 0.25) is 5.02 Å². The normalized spacial score (nSPS) is 16.6. The Labute approximate surface area is 157 Å². The molecule has 138 valence electrons. The number of amides is 1. The van der Waals surface area contributed by atoms with E-state index in [1.54, 1.807) is 49.4 Å². The molecule has 2 aromatic rings. The Morgan fingerprint density at radius 3 is 2.73 bits per heavy atom. The van der Waals surface area contributed by atoms with E-state index < -0.39 is 22.0 Å². The molecule has 0 unspecified atom stereocenters. The Morgan fingerprint density at radius 1 is 1.31 bits per heavy atom. The molecule has 26 heavy (non-hydrogen) atoms. The van der Waals surface area contributed by atoms with Gasteiger partial charge < -0.3 is 10.1 Å². The van der Waals surface area contributed by atoms with Gasteiger partial charge in [-0.15, -0.1) is 0 Å². The lowest BCUT2D eigenvalue weighted by Gasteiger charge is -2.34. The first-order valence-electron chi connectivity index (χ1n) is 8.15. The number of para-hydroxylation sites is 2. The third-order valence-corrected chi connectivity index (χ3v) is 6.32. The van der Waals surface area contributed by atoms with Gasteiger partial charge in [-0.2, -0.15) is 0 Å². The fraction of sp³-hybridized carbons (Fsp3) is 0.278.